The number of hydrogen-bond acceptors (Lipinski definition) is 4. The van der Waals surface area contributed by atoms with E-state index >= 15 is 0 Å². The highest BCUT2D eigenvalue weighted by Crippen LogP contribution is 2.10. The van der Waals surface area contributed by atoms with E-state index in [-0.39, 0.29) is 12.0 Å². The van der Waals surface area contributed by atoms with E-state index in [1.165, 1.54) is 7.11 Å². The van der Waals surface area contributed by atoms with Crippen LogP contribution in [0.25, 0.3) is 0 Å². The van der Waals surface area contributed by atoms with E-state index < -0.39 is 0 Å². The lowest BCUT2D eigenvalue weighted by Gasteiger charge is -2.27. The first kappa shape index (κ1) is 12.5. The molecule has 1 rings (SSSR count). The van der Waals surface area contributed by atoms with Gasteiger partial charge in [-0.05, 0) is 19.4 Å². The molecule has 0 radical (unpaired) electrons. The zero-order chi connectivity index (χ0) is 11.1. The van der Waals surface area contributed by atoms with Gasteiger partial charge in [-0.1, -0.05) is 13.3 Å². The molecular weight excluding hydrogens is 192 g/mol. The Morgan fingerprint density at radius 2 is 2.27 bits per heavy atom. The summed E-state index contributed by atoms with van der Waals surface area (Å²) >= 11 is 0. The van der Waals surface area contributed by atoms with Crippen LogP contribution in [0.4, 0.5) is 0 Å². The quantitative estimate of drug-likeness (QED) is 0.697. The van der Waals surface area contributed by atoms with Crippen LogP contribution in [0.1, 0.15) is 26.2 Å². The number of carbonyl (C=O) groups is 1. The zero-order valence-corrected chi connectivity index (χ0v) is 9.79. The minimum atomic E-state index is -0.0845. The fraction of sp³-hybridized carbons (Fsp3) is 0.909. The smallest absolute Gasteiger partial charge is 0.323 e. The van der Waals surface area contributed by atoms with Gasteiger partial charge in [0.2, 0.25) is 0 Å². The highest BCUT2D eigenvalue weighted by atomic mass is 16.5. The molecule has 4 nitrogen and oxygen atoms in total. The third kappa shape index (κ3) is 3.80. The number of rotatable bonds is 4. The maximum atomic E-state index is 11.6. The van der Waals surface area contributed by atoms with Crippen molar-refractivity contribution in [2.75, 3.05) is 33.3 Å². The second kappa shape index (κ2) is 6.80. The Morgan fingerprint density at radius 1 is 1.47 bits per heavy atom. The maximum absolute atomic E-state index is 11.6. The summed E-state index contributed by atoms with van der Waals surface area (Å²) in [6.45, 7) is 6.06. The van der Waals surface area contributed by atoms with Crippen molar-refractivity contribution in [3.63, 3.8) is 0 Å². The molecule has 1 N–H and O–H groups in total. The van der Waals surface area contributed by atoms with Gasteiger partial charge in [-0.25, -0.2) is 0 Å². The predicted octanol–water partition coefficient (Wildman–Crippen LogP) is 0.623. The van der Waals surface area contributed by atoms with Gasteiger partial charge in [-0.2, -0.15) is 0 Å². The first-order chi connectivity index (χ1) is 7.29. The fourth-order valence-electron chi connectivity index (χ4n) is 2.04. The molecule has 0 aliphatic carbocycles. The van der Waals surface area contributed by atoms with Crippen LogP contribution < -0.4 is 5.32 Å². The minimum absolute atomic E-state index is 0.0418. The highest BCUT2D eigenvalue weighted by molar-refractivity contribution is 5.75. The lowest BCUT2D eigenvalue weighted by molar-refractivity contribution is -0.147. The molecule has 1 saturated heterocycles. The number of hydrogen-bond donors (Lipinski definition) is 1. The predicted molar refractivity (Wildman–Crippen MR) is 59.8 cm³/mol. The Bertz CT molecular complexity index is 189. The van der Waals surface area contributed by atoms with Crippen LogP contribution >= 0.6 is 0 Å². The van der Waals surface area contributed by atoms with Crippen LogP contribution in [0, 0.1) is 0 Å². The van der Waals surface area contributed by atoms with Gasteiger partial charge in [-0.3, -0.25) is 9.69 Å². The van der Waals surface area contributed by atoms with Crippen molar-refractivity contribution in [3.8, 4) is 0 Å². The molecule has 4 heteroatoms. The van der Waals surface area contributed by atoms with Gasteiger partial charge in [-0.15, -0.1) is 0 Å². The van der Waals surface area contributed by atoms with Crippen LogP contribution in [0.5, 0.6) is 0 Å². The van der Waals surface area contributed by atoms with E-state index in [0.29, 0.717) is 0 Å². The first-order valence-corrected chi connectivity index (χ1v) is 5.82. The largest absolute Gasteiger partial charge is 0.468 e. The summed E-state index contributed by atoms with van der Waals surface area (Å²) in [6, 6.07) is -0.0418. The number of ether oxygens (including phenoxy) is 1. The number of nitrogens with zero attached hydrogens (tertiary/aromatic N) is 1. The van der Waals surface area contributed by atoms with E-state index in [0.717, 1.165) is 45.4 Å². The standard InChI is InChI=1S/C11H22N2O2/c1-3-5-10(11(14)15-2)13-8-4-6-12-7-9-13/h10,12H,3-9H2,1-2H3. The van der Waals surface area contributed by atoms with Crippen LogP contribution in [0.15, 0.2) is 0 Å². The van der Waals surface area contributed by atoms with E-state index in [1.54, 1.807) is 0 Å². The number of nitrogens with one attached hydrogen (secondary N) is 1. The minimum Gasteiger partial charge on any atom is -0.468 e. The van der Waals surface area contributed by atoms with Crippen LogP contribution in [-0.4, -0.2) is 50.2 Å². The summed E-state index contributed by atoms with van der Waals surface area (Å²) in [7, 11) is 1.47. The van der Waals surface area contributed by atoms with Gasteiger partial charge < -0.3 is 10.1 Å². The Morgan fingerprint density at radius 3 is 2.93 bits per heavy atom. The second-order valence-electron chi connectivity index (χ2n) is 3.97. The van der Waals surface area contributed by atoms with Crippen molar-refractivity contribution in [3.05, 3.63) is 0 Å². The maximum Gasteiger partial charge on any atom is 0.323 e. The molecule has 0 aromatic rings. The van der Waals surface area contributed by atoms with Crippen LogP contribution in [0.2, 0.25) is 0 Å². The molecule has 0 spiro atoms. The van der Waals surface area contributed by atoms with Gasteiger partial charge in [0.15, 0.2) is 0 Å². The monoisotopic (exact) mass is 214 g/mol. The van der Waals surface area contributed by atoms with Crippen molar-refractivity contribution < 1.29 is 9.53 Å². The first-order valence-electron chi connectivity index (χ1n) is 5.82. The Hall–Kier alpha value is -0.610. The molecule has 1 fully saturated rings. The normalized spacial score (nSPS) is 20.7. The Kier molecular flexibility index (Phi) is 5.65. The van der Waals surface area contributed by atoms with Crippen molar-refractivity contribution in [1.29, 1.82) is 0 Å². The second-order valence-corrected chi connectivity index (χ2v) is 3.97. The summed E-state index contributed by atoms with van der Waals surface area (Å²) in [5.74, 6) is -0.0845. The molecule has 1 atom stereocenters. The number of carbonyl (C=O) groups excluding carboxylic acids is 1. The average Bonchev–Trinajstić information content (AvgIpc) is 2.53. The topological polar surface area (TPSA) is 41.6 Å². The van der Waals surface area contributed by atoms with Gasteiger partial charge >= 0.3 is 5.97 Å². The summed E-state index contributed by atoms with van der Waals surface area (Å²) in [5, 5.41) is 3.34. The molecular formula is C11H22N2O2. The van der Waals surface area contributed by atoms with E-state index in [4.69, 9.17) is 4.74 Å². The van der Waals surface area contributed by atoms with Crippen molar-refractivity contribution in [2.24, 2.45) is 0 Å². The molecule has 1 unspecified atom stereocenters. The van der Waals surface area contributed by atoms with Gasteiger partial charge in [0.05, 0.1) is 7.11 Å². The van der Waals surface area contributed by atoms with Crippen LogP contribution in [-0.2, 0) is 9.53 Å². The fourth-order valence-corrected chi connectivity index (χ4v) is 2.04. The van der Waals surface area contributed by atoms with E-state index in [9.17, 15) is 4.79 Å². The van der Waals surface area contributed by atoms with Gasteiger partial charge in [0.1, 0.15) is 6.04 Å². The van der Waals surface area contributed by atoms with E-state index in [2.05, 4.69) is 17.1 Å². The molecule has 0 amide bonds. The average molecular weight is 214 g/mol. The highest BCUT2D eigenvalue weighted by Gasteiger charge is 2.25. The third-order valence-electron chi connectivity index (χ3n) is 2.85. The van der Waals surface area contributed by atoms with Crippen LogP contribution in [0.3, 0.4) is 0 Å². The lowest BCUT2D eigenvalue weighted by Crippen LogP contribution is -2.43. The molecule has 0 bridgehead atoms. The molecule has 88 valence electrons. The third-order valence-corrected chi connectivity index (χ3v) is 2.85. The Labute approximate surface area is 92.0 Å². The molecule has 1 heterocycles. The summed E-state index contributed by atoms with van der Waals surface area (Å²) < 4.78 is 4.86. The Balaban J connectivity index is 2.55. The van der Waals surface area contributed by atoms with Gasteiger partial charge in [0, 0.05) is 19.6 Å². The number of esters is 1. The van der Waals surface area contributed by atoms with Crippen molar-refractivity contribution >= 4 is 5.97 Å². The summed E-state index contributed by atoms with van der Waals surface area (Å²) in [6.07, 6.45) is 3.02. The van der Waals surface area contributed by atoms with Crippen molar-refractivity contribution in [1.82, 2.24) is 10.2 Å². The summed E-state index contributed by atoms with van der Waals surface area (Å²) in [4.78, 5) is 13.9. The number of methoxy groups -OCH3 is 1. The molecule has 0 aromatic heterocycles. The van der Waals surface area contributed by atoms with Gasteiger partial charge in [0.25, 0.3) is 0 Å². The molecule has 0 saturated carbocycles. The van der Waals surface area contributed by atoms with Crippen molar-refractivity contribution in [2.45, 2.75) is 32.2 Å². The molecule has 1 aliphatic heterocycles. The molecule has 0 aromatic carbocycles. The van der Waals surface area contributed by atoms with E-state index in [1.807, 2.05) is 0 Å². The summed E-state index contributed by atoms with van der Waals surface area (Å²) in [5.41, 5.74) is 0. The molecule has 1 aliphatic rings. The lowest BCUT2D eigenvalue weighted by atomic mass is 10.1. The molecule has 15 heavy (non-hydrogen) atoms. The SMILES string of the molecule is CCCC(C(=O)OC)N1CCCNCC1. The zero-order valence-electron chi connectivity index (χ0n) is 9.79.